The van der Waals surface area contributed by atoms with Crippen molar-refractivity contribution in [3.8, 4) is 12.1 Å². The predicted octanol–water partition coefficient (Wildman–Crippen LogP) is 4.75. The molecule has 0 bridgehead atoms. The lowest BCUT2D eigenvalue weighted by Crippen LogP contribution is -2.34. The summed E-state index contributed by atoms with van der Waals surface area (Å²) >= 11 is 1.46. The highest BCUT2D eigenvalue weighted by Crippen LogP contribution is 2.33. The molecule has 2 aromatic carbocycles. The molecule has 0 radical (unpaired) electrons. The summed E-state index contributed by atoms with van der Waals surface area (Å²) in [5, 5.41) is 18.4. The second-order valence-corrected chi connectivity index (χ2v) is 12.2. The Hall–Kier alpha value is -3.06. The second kappa shape index (κ2) is 14.4. The van der Waals surface area contributed by atoms with E-state index in [1.54, 1.807) is 4.90 Å². The van der Waals surface area contributed by atoms with E-state index in [9.17, 15) is 13.2 Å². The molecule has 0 saturated carbocycles. The lowest BCUT2D eigenvalue weighted by molar-refractivity contribution is 0.0986. The molecule has 0 saturated heterocycles. The molecule has 0 aliphatic rings. The van der Waals surface area contributed by atoms with Crippen molar-refractivity contribution in [2.75, 3.05) is 45.2 Å². The minimum atomic E-state index is -3.92. The Balaban J connectivity index is 0.00000533. The van der Waals surface area contributed by atoms with Crippen molar-refractivity contribution in [2.45, 2.75) is 38.0 Å². The van der Waals surface area contributed by atoms with E-state index in [0.717, 1.165) is 38.6 Å². The van der Waals surface area contributed by atoms with Gasteiger partial charge >= 0.3 is 0 Å². The van der Waals surface area contributed by atoms with E-state index in [4.69, 9.17) is 15.5 Å². The number of hydrogen-bond acceptors (Lipinski definition) is 8. The largest absolute Gasteiger partial charge is 0.309 e. The molecule has 0 fully saturated rings. The number of anilines is 1. The number of sulfonamides is 1. The number of fused-ring (bicyclic) bond motifs is 1. The summed E-state index contributed by atoms with van der Waals surface area (Å²) in [5.74, 6) is -0.257. The molecule has 9 nitrogen and oxygen atoms in total. The van der Waals surface area contributed by atoms with Crippen LogP contribution in [0.5, 0.6) is 0 Å². The summed E-state index contributed by atoms with van der Waals surface area (Å²) in [6.45, 7) is 5.31. The van der Waals surface area contributed by atoms with Gasteiger partial charge in [0.2, 0.25) is 10.0 Å². The lowest BCUT2D eigenvalue weighted by atomic mass is 10.1. The molecule has 0 aliphatic carbocycles. The Kier molecular flexibility index (Phi) is 11.8. The van der Waals surface area contributed by atoms with E-state index in [0.29, 0.717) is 17.2 Å². The third kappa shape index (κ3) is 7.75. The van der Waals surface area contributed by atoms with Crippen molar-refractivity contribution < 1.29 is 13.2 Å². The molecule has 0 atom stereocenters. The van der Waals surface area contributed by atoms with Gasteiger partial charge in [-0.05, 0) is 82.4 Å². The average molecular weight is 589 g/mol. The molecule has 12 heteroatoms. The first-order valence-electron chi connectivity index (χ1n) is 12.3. The van der Waals surface area contributed by atoms with Crippen molar-refractivity contribution >= 4 is 55.0 Å². The minimum absolute atomic E-state index is 0. The van der Waals surface area contributed by atoms with Crippen LogP contribution in [0.4, 0.5) is 5.13 Å². The highest BCUT2D eigenvalue weighted by atomic mass is 35.5. The van der Waals surface area contributed by atoms with E-state index in [-0.39, 0.29) is 49.1 Å². The number of carbonyl (C=O) groups is 1. The highest BCUT2D eigenvalue weighted by molar-refractivity contribution is 7.89. The maximum Gasteiger partial charge on any atom is 0.260 e. The topological polar surface area (TPSA) is 121 Å². The monoisotopic (exact) mass is 588 g/mol. The number of amides is 1. The fraction of sp³-hybridized carbons (Fsp3) is 0.407. The zero-order chi connectivity index (χ0) is 27.9. The van der Waals surface area contributed by atoms with Crippen LogP contribution in [0.1, 0.15) is 40.7 Å². The molecule has 39 heavy (non-hydrogen) atoms. The Bertz CT molecular complexity index is 1460. The van der Waals surface area contributed by atoms with Gasteiger partial charge in [-0.2, -0.15) is 14.8 Å². The van der Waals surface area contributed by atoms with Crippen molar-refractivity contribution in [1.29, 1.82) is 10.5 Å². The fourth-order valence-electron chi connectivity index (χ4n) is 3.93. The van der Waals surface area contributed by atoms with E-state index in [1.165, 1.54) is 35.6 Å². The van der Waals surface area contributed by atoms with Crippen LogP contribution < -0.4 is 4.90 Å². The molecule has 0 spiro atoms. The third-order valence-electron chi connectivity index (χ3n) is 6.22. The van der Waals surface area contributed by atoms with E-state index in [2.05, 4.69) is 4.90 Å². The van der Waals surface area contributed by atoms with Gasteiger partial charge in [0.15, 0.2) is 5.13 Å². The number of hydrogen-bond donors (Lipinski definition) is 0. The lowest BCUT2D eigenvalue weighted by Gasteiger charge is -2.22. The van der Waals surface area contributed by atoms with Crippen LogP contribution in [0.15, 0.2) is 41.3 Å². The van der Waals surface area contributed by atoms with Gasteiger partial charge in [0.25, 0.3) is 5.91 Å². The van der Waals surface area contributed by atoms with Gasteiger partial charge in [-0.3, -0.25) is 9.69 Å². The summed E-state index contributed by atoms with van der Waals surface area (Å²) in [4.78, 5) is 22.2. The molecule has 0 unspecified atom stereocenters. The summed E-state index contributed by atoms with van der Waals surface area (Å²) in [5.41, 5.74) is 3.45. The first-order valence-corrected chi connectivity index (χ1v) is 14.5. The first kappa shape index (κ1) is 32.2. The maximum absolute atomic E-state index is 13.7. The van der Waals surface area contributed by atoms with Crippen LogP contribution in [0.25, 0.3) is 10.2 Å². The standard InChI is InChI=1S/C27H32N6O3S2.ClH/c1-20-8-13-24-25(21(20)2)30-27(37-24)33(19-7-16-31(3)4)26(34)22-9-11-23(12-10-22)38(35,36)32(17-5-14-28)18-6-15-29;/h8-13H,5-7,16-19H2,1-4H3;1H. The van der Waals surface area contributed by atoms with Crippen LogP contribution in [-0.2, 0) is 10.0 Å². The average Bonchev–Trinajstić information content (AvgIpc) is 3.33. The van der Waals surface area contributed by atoms with E-state index in [1.807, 2.05) is 52.2 Å². The van der Waals surface area contributed by atoms with Crippen LogP contribution in [0.2, 0.25) is 0 Å². The number of aryl methyl sites for hydroxylation is 2. The molecule has 0 N–H and O–H groups in total. The van der Waals surface area contributed by atoms with Gasteiger partial charge in [-0.25, -0.2) is 13.4 Å². The molecule has 1 aromatic heterocycles. The molecule has 1 heterocycles. The third-order valence-corrected chi connectivity index (χ3v) is 9.18. The van der Waals surface area contributed by atoms with Crippen LogP contribution >= 0.6 is 23.7 Å². The van der Waals surface area contributed by atoms with Gasteiger partial charge in [0.05, 0.1) is 27.3 Å². The Morgan fingerprint density at radius 2 is 1.56 bits per heavy atom. The number of benzene rings is 2. The van der Waals surface area contributed by atoms with E-state index < -0.39 is 10.0 Å². The molecule has 208 valence electrons. The number of rotatable bonds is 12. The van der Waals surface area contributed by atoms with Crippen molar-refractivity contribution in [1.82, 2.24) is 14.2 Å². The summed E-state index contributed by atoms with van der Waals surface area (Å²) < 4.78 is 28.4. The summed E-state index contributed by atoms with van der Waals surface area (Å²) in [6.07, 6.45) is 0.778. The molecule has 0 aliphatic heterocycles. The van der Waals surface area contributed by atoms with Gasteiger partial charge in [0.1, 0.15) is 0 Å². The molecule has 3 rings (SSSR count). The van der Waals surface area contributed by atoms with Crippen molar-refractivity contribution in [3.63, 3.8) is 0 Å². The SMILES string of the molecule is Cc1ccc2sc(N(CCCN(C)C)C(=O)c3ccc(S(=O)(=O)N(CCC#N)CCC#N)cc3)nc2c1C.Cl. The van der Waals surface area contributed by atoms with Gasteiger partial charge in [0, 0.05) is 38.0 Å². The highest BCUT2D eigenvalue weighted by Gasteiger charge is 2.26. The zero-order valence-corrected chi connectivity index (χ0v) is 25.0. The number of nitriles is 2. The quantitative estimate of drug-likeness (QED) is 0.299. The molecular formula is C27H33ClN6O3S2. The van der Waals surface area contributed by atoms with Crippen molar-refractivity contribution in [2.24, 2.45) is 0 Å². The van der Waals surface area contributed by atoms with E-state index >= 15 is 0 Å². The number of carbonyl (C=O) groups excluding carboxylic acids is 1. The van der Waals surface area contributed by atoms with Crippen molar-refractivity contribution in [3.05, 3.63) is 53.1 Å². The second-order valence-electron chi connectivity index (χ2n) is 9.21. The summed E-state index contributed by atoms with van der Waals surface area (Å²) in [7, 11) is 0.0358. The summed E-state index contributed by atoms with van der Waals surface area (Å²) in [6, 6.07) is 13.8. The molecule has 3 aromatic rings. The van der Waals surface area contributed by atoms with Crippen LogP contribution in [0.3, 0.4) is 0 Å². The fourth-order valence-corrected chi connectivity index (χ4v) is 6.43. The Morgan fingerprint density at radius 3 is 2.13 bits per heavy atom. The number of nitrogens with zero attached hydrogens (tertiary/aromatic N) is 6. The predicted molar refractivity (Wildman–Crippen MR) is 157 cm³/mol. The van der Waals surface area contributed by atoms with Crippen LogP contribution in [0, 0.1) is 36.5 Å². The maximum atomic E-state index is 13.7. The van der Waals surface area contributed by atoms with Crippen LogP contribution in [-0.4, -0.2) is 68.8 Å². The van der Waals surface area contributed by atoms with Gasteiger partial charge < -0.3 is 4.90 Å². The first-order chi connectivity index (χ1) is 18.1. The smallest absolute Gasteiger partial charge is 0.260 e. The Labute approximate surface area is 240 Å². The zero-order valence-electron chi connectivity index (χ0n) is 22.5. The number of halogens is 1. The normalized spacial score (nSPS) is 11.3. The Morgan fingerprint density at radius 1 is 0.949 bits per heavy atom. The number of aromatic nitrogens is 1. The molecule has 1 amide bonds. The van der Waals surface area contributed by atoms with Gasteiger partial charge in [-0.15, -0.1) is 12.4 Å². The minimum Gasteiger partial charge on any atom is -0.309 e. The number of thiazole rings is 1. The molecular weight excluding hydrogens is 556 g/mol. The van der Waals surface area contributed by atoms with Gasteiger partial charge in [-0.1, -0.05) is 17.4 Å².